The summed E-state index contributed by atoms with van der Waals surface area (Å²) >= 11 is 0. The number of aromatic nitrogens is 1. The number of benzene rings is 1. The molecule has 1 aromatic carbocycles. The van der Waals surface area contributed by atoms with E-state index in [1.807, 2.05) is 0 Å². The molecule has 8 nitrogen and oxygen atoms in total. The maximum Gasteiger partial charge on any atom is 0.319 e. The van der Waals surface area contributed by atoms with Gasteiger partial charge >= 0.3 is 6.03 Å². The molecule has 1 aliphatic rings. The van der Waals surface area contributed by atoms with Crippen LogP contribution in [0.2, 0.25) is 0 Å². The van der Waals surface area contributed by atoms with E-state index in [9.17, 15) is 14.4 Å². The van der Waals surface area contributed by atoms with Gasteiger partial charge < -0.3 is 20.9 Å². The maximum atomic E-state index is 12.6. The highest BCUT2D eigenvalue weighted by atomic mass is 16.2. The average molecular weight is 383 g/mol. The van der Waals surface area contributed by atoms with Crippen molar-refractivity contribution in [1.82, 2.24) is 19.7 Å². The minimum atomic E-state index is -0.318. The van der Waals surface area contributed by atoms with Crippen LogP contribution in [0.1, 0.15) is 16.8 Å². The van der Waals surface area contributed by atoms with Gasteiger partial charge in [-0.3, -0.25) is 14.2 Å². The molecule has 8 heteroatoms. The van der Waals surface area contributed by atoms with Crippen LogP contribution in [0, 0.1) is 0 Å². The lowest BCUT2D eigenvalue weighted by Gasteiger charge is -2.38. The second-order valence-corrected chi connectivity index (χ2v) is 7.11. The summed E-state index contributed by atoms with van der Waals surface area (Å²) in [6.45, 7) is 0.951. The lowest BCUT2D eigenvalue weighted by molar-refractivity contribution is 0.0890. The smallest absolute Gasteiger partial charge is 0.319 e. The average Bonchev–Trinajstić information content (AvgIpc) is 2.69. The van der Waals surface area contributed by atoms with Gasteiger partial charge in [-0.2, -0.15) is 0 Å². The molecule has 3 rings (SSSR count). The third-order valence-corrected chi connectivity index (χ3v) is 4.87. The van der Waals surface area contributed by atoms with Gasteiger partial charge in [-0.05, 0) is 36.8 Å². The van der Waals surface area contributed by atoms with Crippen LogP contribution in [0.15, 0.2) is 53.5 Å². The number of nitrogens with zero attached hydrogens (tertiary/aromatic N) is 3. The van der Waals surface area contributed by atoms with Crippen LogP contribution < -0.4 is 16.6 Å². The van der Waals surface area contributed by atoms with Crippen molar-refractivity contribution in [3.63, 3.8) is 0 Å². The first-order valence-electron chi connectivity index (χ1n) is 9.17. The monoisotopic (exact) mass is 383 g/mol. The number of carbonyl (C=O) groups excluding carboxylic acids is 2. The van der Waals surface area contributed by atoms with E-state index < -0.39 is 0 Å². The number of carbonyl (C=O) groups is 2. The summed E-state index contributed by atoms with van der Waals surface area (Å²) in [6.07, 6.45) is 2.30. The molecular formula is C20H25N5O3. The van der Waals surface area contributed by atoms with E-state index in [0.717, 1.165) is 0 Å². The standard InChI is InChI=1S/C20H25N5O3/c1-23(2)20(28)24-12-10-16(21)17(13-24)22-19(27)14-6-8-15(9-7-14)25-11-4-3-5-18(25)26/h3-9,11,16-17H,10,12-13,21H2,1-2H3,(H,22,27). The van der Waals surface area contributed by atoms with Gasteiger partial charge in [-0.25, -0.2) is 4.79 Å². The third kappa shape index (κ3) is 4.23. The summed E-state index contributed by atoms with van der Waals surface area (Å²) < 4.78 is 1.50. The Bertz CT molecular complexity index is 907. The van der Waals surface area contributed by atoms with Crippen molar-refractivity contribution in [2.24, 2.45) is 5.73 Å². The van der Waals surface area contributed by atoms with Crippen LogP contribution in [0.4, 0.5) is 4.79 Å². The Morgan fingerprint density at radius 1 is 1.14 bits per heavy atom. The van der Waals surface area contributed by atoms with Crippen LogP contribution in [0.5, 0.6) is 0 Å². The summed E-state index contributed by atoms with van der Waals surface area (Å²) in [5, 5.41) is 2.93. The van der Waals surface area contributed by atoms with E-state index in [-0.39, 0.29) is 29.6 Å². The second-order valence-electron chi connectivity index (χ2n) is 7.11. The van der Waals surface area contributed by atoms with Crippen molar-refractivity contribution in [1.29, 1.82) is 0 Å². The Morgan fingerprint density at radius 3 is 2.50 bits per heavy atom. The van der Waals surface area contributed by atoms with Gasteiger partial charge in [0.25, 0.3) is 11.5 Å². The normalized spacial score (nSPS) is 19.2. The van der Waals surface area contributed by atoms with Gasteiger partial charge in [-0.15, -0.1) is 0 Å². The fourth-order valence-corrected chi connectivity index (χ4v) is 3.25. The predicted octanol–water partition coefficient (Wildman–Crippen LogP) is 0.651. The van der Waals surface area contributed by atoms with Crippen molar-refractivity contribution in [2.45, 2.75) is 18.5 Å². The number of amides is 3. The molecule has 0 aliphatic carbocycles. The second kappa shape index (κ2) is 8.26. The van der Waals surface area contributed by atoms with E-state index in [1.54, 1.807) is 61.6 Å². The number of urea groups is 1. The van der Waals surface area contributed by atoms with E-state index in [1.165, 1.54) is 15.5 Å². The molecule has 2 atom stereocenters. The highest BCUT2D eigenvalue weighted by Gasteiger charge is 2.31. The number of pyridine rings is 1. The largest absolute Gasteiger partial charge is 0.346 e. The molecule has 0 saturated carbocycles. The summed E-state index contributed by atoms with van der Waals surface area (Å²) in [5.74, 6) is -0.258. The van der Waals surface area contributed by atoms with Crippen LogP contribution in [-0.2, 0) is 0 Å². The Kier molecular flexibility index (Phi) is 5.79. The molecule has 2 unspecified atom stereocenters. The van der Waals surface area contributed by atoms with Crippen molar-refractivity contribution >= 4 is 11.9 Å². The number of nitrogens with one attached hydrogen (secondary N) is 1. The first kappa shape index (κ1) is 19.6. The van der Waals surface area contributed by atoms with Crippen molar-refractivity contribution in [2.75, 3.05) is 27.2 Å². The van der Waals surface area contributed by atoms with Crippen molar-refractivity contribution < 1.29 is 9.59 Å². The third-order valence-electron chi connectivity index (χ3n) is 4.87. The Morgan fingerprint density at radius 2 is 1.86 bits per heavy atom. The zero-order valence-electron chi connectivity index (χ0n) is 16.0. The summed E-state index contributed by atoms with van der Waals surface area (Å²) in [7, 11) is 3.40. The lowest BCUT2D eigenvalue weighted by atomic mass is 10.00. The molecule has 2 aromatic rings. The predicted molar refractivity (Wildman–Crippen MR) is 107 cm³/mol. The molecule has 1 saturated heterocycles. The molecule has 0 bridgehead atoms. The quantitative estimate of drug-likeness (QED) is 0.813. The lowest BCUT2D eigenvalue weighted by Crippen LogP contribution is -2.60. The molecule has 1 fully saturated rings. The van der Waals surface area contributed by atoms with Crippen molar-refractivity contribution in [3.8, 4) is 5.69 Å². The molecule has 3 amide bonds. The van der Waals surface area contributed by atoms with Gasteiger partial charge in [0.15, 0.2) is 0 Å². The highest BCUT2D eigenvalue weighted by molar-refractivity contribution is 5.94. The van der Waals surface area contributed by atoms with Gasteiger partial charge in [0, 0.05) is 56.7 Å². The van der Waals surface area contributed by atoms with E-state index in [4.69, 9.17) is 5.73 Å². The molecule has 28 heavy (non-hydrogen) atoms. The number of piperidine rings is 1. The summed E-state index contributed by atoms with van der Waals surface area (Å²) in [6, 6.07) is 11.1. The Hall–Kier alpha value is -3.13. The van der Waals surface area contributed by atoms with Crippen LogP contribution in [0.25, 0.3) is 5.69 Å². The molecular weight excluding hydrogens is 358 g/mol. The zero-order chi connectivity index (χ0) is 20.3. The van der Waals surface area contributed by atoms with Gasteiger partial charge in [0.05, 0.1) is 6.04 Å². The van der Waals surface area contributed by atoms with Gasteiger partial charge in [0.2, 0.25) is 0 Å². The van der Waals surface area contributed by atoms with E-state index in [2.05, 4.69) is 5.32 Å². The minimum Gasteiger partial charge on any atom is -0.346 e. The molecule has 0 radical (unpaired) electrons. The molecule has 148 valence electrons. The number of rotatable bonds is 3. The van der Waals surface area contributed by atoms with E-state index >= 15 is 0 Å². The fourth-order valence-electron chi connectivity index (χ4n) is 3.25. The SMILES string of the molecule is CN(C)C(=O)N1CCC(N)C(NC(=O)c2ccc(-n3ccccc3=O)cc2)C1. The number of hydrogen-bond acceptors (Lipinski definition) is 4. The first-order valence-corrected chi connectivity index (χ1v) is 9.17. The number of nitrogens with two attached hydrogens (primary N) is 1. The number of likely N-dealkylation sites (tertiary alicyclic amines) is 1. The first-order chi connectivity index (χ1) is 13.4. The van der Waals surface area contributed by atoms with Gasteiger partial charge in [0.1, 0.15) is 0 Å². The van der Waals surface area contributed by atoms with Crippen LogP contribution >= 0.6 is 0 Å². The van der Waals surface area contributed by atoms with Crippen molar-refractivity contribution in [3.05, 3.63) is 64.6 Å². The van der Waals surface area contributed by atoms with Gasteiger partial charge in [-0.1, -0.05) is 6.07 Å². The molecule has 1 aliphatic heterocycles. The van der Waals surface area contributed by atoms with Crippen LogP contribution in [-0.4, -0.2) is 65.6 Å². The Labute approximate surface area is 163 Å². The molecule has 0 spiro atoms. The number of hydrogen-bond donors (Lipinski definition) is 2. The summed E-state index contributed by atoms with van der Waals surface area (Å²) in [4.78, 5) is 39.9. The molecule has 2 heterocycles. The Balaban J connectivity index is 1.69. The maximum absolute atomic E-state index is 12.6. The summed E-state index contributed by atoms with van der Waals surface area (Å²) in [5.41, 5.74) is 7.16. The molecule has 1 aromatic heterocycles. The topological polar surface area (TPSA) is 101 Å². The highest BCUT2D eigenvalue weighted by Crippen LogP contribution is 2.13. The van der Waals surface area contributed by atoms with E-state index in [0.29, 0.717) is 30.8 Å². The molecule has 3 N–H and O–H groups in total. The fraction of sp³-hybridized carbons (Fsp3) is 0.350. The van der Waals surface area contributed by atoms with Crippen LogP contribution in [0.3, 0.4) is 0 Å². The zero-order valence-corrected chi connectivity index (χ0v) is 16.0. The minimum absolute atomic E-state index is 0.0937.